The molecule has 5 heteroatoms. The van der Waals surface area contributed by atoms with E-state index >= 15 is 0 Å². The first-order valence-corrected chi connectivity index (χ1v) is 7.84. The molecule has 0 atom stereocenters. The van der Waals surface area contributed by atoms with E-state index in [2.05, 4.69) is 25.9 Å². The largest absolute Gasteiger partial charge is 0.507 e. The van der Waals surface area contributed by atoms with Gasteiger partial charge in [0.1, 0.15) is 5.75 Å². The molecule has 1 aromatic heterocycles. The maximum absolute atomic E-state index is 9.75. The SMILES string of the molecule is Oc1ccc(Br)cc1/C=N/c1nc2c(s1)CCCC2. The van der Waals surface area contributed by atoms with E-state index in [1.807, 2.05) is 6.07 Å². The number of phenols is 1. The van der Waals surface area contributed by atoms with Crippen LogP contribution in [0.4, 0.5) is 5.13 Å². The average Bonchev–Trinajstić information content (AvgIpc) is 2.82. The Morgan fingerprint density at radius 3 is 3.00 bits per heavy atom. The Balaban J connectivity index is 1.86. The Hall–Kier alpha value is -1.20. The van der Waals surface area contributed by atoms with E-state index in [0.717, 1.165) is 22.4 Å². The fourth-order valence-electron chi connectivity index (χ4n) is 2.15. The summed E-state index contributed by atoms with van der Waals surface area (Å²) in [5, 5.41) is 10.5. The summed E-state index contributed by atoms with van der Waals surface area (Å²) in [6.07, 6.45) is 6.36. The fraction of sp³-hybridized carbons (Fsp3) is 0.286. The number of halogens is 1. The van der Waals surface area contributed by atoms with E-state index in [-0.39, 0.29) is 5.75 Å². The molecule has 3 nitrogen and oxygen atoms in total. The lowest BCUT2D eigenvalue weighted by Crippen LogP contribution is -1.98. The van der Waals surface area contributed by atoms with E-state index in [0.29, 0.717) is 5.56 Å². The quantitative estimate of drug-likeness (QED) is 0.833. The van der Waals surface area contributed by atoms with E-state index in [9.17, 15) is 5.11 Å². The van der Waals surface area contributed by atoms with E-state index in [1.165, 1.54) is 23.4 Å². The molecule has 1 N–H and O–H groups in total. The third-order valence-corrected chi connectivity index (χ3v) is 4.70. The van der Waals surface area contributed by atoms with Gasteiger partial charge in [0.05, 0.1) is 5.69 Å². The van der Waals surface area contributed by atoms with Crippen molar-refractivity contribution in [2.45, 2.75) is 25.7 Å². The summed E-state index contributed by atoms with van der Waals surface area (Å²) in [5.74, 6) is 0.230. The average molecular weight is 337 g/mol. The van der Waals surface area contributed by atoms with Gasteiger partial charge in [-0.1, -0.05) is 27.3 Å². The van der Waals surface area contributed by atoms with Crippen molar-refractivity contribution >= 4 is 38.6 Å². The number of thiazole rings is 1. The van der Waals surface area contributed by atoms with Crippen LogP contribution in [0.3, 0.4) is 0 Å². The van der Waals surface area contributed by atoms with Gasteiger partial charge in [-0.15, -0.1) is 0 Å². The summed E-state index contributed by atoms with van der Waals surface area (Å²) >= 11 is 5.05. The molecule has 1 aromatic carbocycles. The number of aryl methyl sites for hydroxylation is 2. The summed E-state index contributed by atoms with van der Waals surface area (Å²) in [6.45, 7) is 0. The van der Waals surface area contributed by atoms with Gasteiger partial charge in [-0.25, -0.2) is 9.98 Å². The van der Waals surface area contributed by atoms with Crippen molar-refractivity contribution in [2.24, 2.45) is 4.99 Å². The molecule has 0 saturated carbocycles. The molecule has 0 aliphatic heterocycles. The Kier molecular flexibility index (Phi) is 3.66. The maximum atomic E-state index is 9.75. The highest BCUT2D eigenvalue weighted by Crippen LogP contribution is 2.31. The van der Waals surface area contributed by atoms with E-state index in [4.69, 9.17) is 0 Å². The number of rotatable bonds is 2. The van der Waals surface area contributed by atoms with Gasteiger partial charge in [-0.2, -0.15) is 0 Å². The van der Waals surface area contributed by atoms with E-state index in [1.54, 1.807) is 29.7 Å². The van der Waals surface area contributed by atoms with Crippen LogP contribution in [0.5, 0.6) is 5.75 Å². The first-order chi connectivity index (χ1) is 9.22. The molecule has 1 heterocycles. The van der Waals surface area contributed by atoms with Gasteiger partial charge in [0.25, 0.3) is 0 Å². The lowest BCUT2D eigenvalue weighted by molar-refractivity contribution is 0.474. The van der Waals surface area contributed by atoms with Gasteiger partial charge in [0.2, 0.25) is 5.13 Å². The Morgan fingerprint density at radius 2 is 2.16 bits per heavy atom. The second-order valence-corrected chi connectivity index (χ2v) is 6.51. The number of phenolic OH excluding ortho intramolecular Hbond substituents is 1. The maximum Gasteiger partial charge on any atom is 0.209 e. The van der Waals surface area contributed by atoms with Crippen LogP contribution in [0.25, 0.3) is 0 Å². The molecule has 19 heavy (non-hydrogen) atoms. The summed E-state index contributed by atoms with van der Waals surface area (Å²) in [4.78, 5) is 10.3. The number of aliphatic imine (C=N–C) groups is 1. The van der Waals surface area contributed by atoms with E-state index < -0.39 is 0 Å². The summed E-state index contributed by atoms with van der Waals surface area (Å²) < 4.78 is 0.921. The van der Waals surface area contributed by atoms with Gasteiger partial charge in [0.15, 0.2) is 0 Å². The summed E-state index contributed by atoms with van der Waals surface area (Å²) in [6, 6.07) is 5.29. The predicted molar refractivity (Wildman–Crippen MR) is 81.8 cm³/mol. The minimum atomic E-state index is 0.230. The molecule has 98 valence electrons. The molecule has 0 radical (unpaired) electrons. The van der Waals surface area contributed by atoms with Crippen LogP contribution in [-0.2, 0) is 12.8 Å². The second-order valence-electron chi connectivity index (χ2n) is 4.53. The molecule has 3 rings (SSSR count). The molecular weight excluding hydrogens is 324 g/mol. The molecule has 2 aromatic rings. The zero-order valence-corrected chi connectivity index (χ0v) is 12.7. The minimum Gasteiger partial charge on any atom is -0.507 e. The smallest absolute Gasteiger partial charge is 0.209 e. The lowest BCUT2D eigenvalue weighted by Gasteiger charge is -2.06. The third-order valence-electron chi connectivity index (χ3n) is 3.14. The molecule has 0 spiro atoms. The van der Waals surface area contributed by atoms with Crippen molar-refractivity contribution in [2.75, 3.05) is 0 Å². The van der Waals surface area contributed by atoms with Crippen LogP contribution < -0.4 is 0 Å². The number of fused-ring (bicyclic) bond motifs is 1. The van der Waals surface area contributed by atoms with Crippen LogP contribution in [0.2, 0.25) is 0 Å². The zero-order valence-electron chi connectivity index (χ0n) is 10.3. The van der Waals surface area contributed by atoms with Crippen molar-refractivity contribution in [1.82, 2.24) is 4.98 Å². The molecule has 1 aliphatic carbocycles. The number of aromatic hydroxyl groups is 1. The second kappa shape index (κ2) is 5.43. The number of nitrogens with zero attached hydrogens (tertiary/aromatic N) is 2. The Bertz CT molecular complexity index is 613. The first kappa shape index (κ1) is 12.8. The van der Waals surface area contributed by atoms with Crippen molar-refractivity contribution in [1.29, 1.82) is 0 Å². The predicted octanol–water partition coefficient (Wildman–Crippen LogP) is 4.24. The molecule has 0 saturated heterocycles. The first-order valence-electron chi connectivity index (χ1n) is 6.23. The third kappa shape index (κ3) is 2.87. The van der Waals surface area contributed by atoms with Crippen LogP contribution in [0.1, 0.15) is 29.0 Å². The van der Waals surface area contributed by atoms with Gasteiger partial charge in [-0.05, 0) is 43.9 Å². The lowest BCUT2D eigenvalue weighted by atomic mass is 10.0. The van der Waals surface area contributed by atoms with Crippen LogP contribution >= 0.6 is 27.3 Å². The van der Waals surface area contributed by atoms with Crippen LogP contribution in [-0.4, -0.2) is 16.3 Å². The highest BCUT2D eigenvalue weighted by Gasteiger charge is 2.14. The van der Waals surface area contributed by atoms with Crippen molar-refractivity contribution in [3.8, 4) is 5.75 Å². The molecule has 0 fully saturated rings. The number of benzene rings is 1. The normalized spacial score (nSPS) is 14.8. The Labute approximate surface area is 124 Å². The topological polar surface area (TPSA) is 45.5 Å². The standard InChI is InChI=1S/C14H13BrN2OS/c15-10-5-6-12(18)9(7-10)8-16-14-17-11-3-1-2-4-13(11)19-14/h5-8,18H,1-4H2/b16-8+. The molecule has 0 unspecified atom stereocenters. The molecule has 0 amide bonds. The van der Waals surface area contributed by atoms with Gasteiger partial charge >= 0.3 is 0 Å². The molecular formula is C14H13BrN2OS. The highest BCUT2D eigenvalue weighted by atomic mass is 79.9. The fourth-order valence-corrected chi connectivity index (χ4v) is 3.52. The van der Waals surface area contributed by atoms with Crippen molar-refractivity contribution < 1.29 is 5.11 Å². The monoisotopic (exact) mass is 336 g/mol. The van der Waals surface area contributed by atoms with Gasteiger partial charge in [0, 0.05) is 21.1 Å². The van der Waals surface area contributed by atoms with Crippen molar-refractivity contribution in [3.63, 3.8) is 0 Å². The minimum absolute atomic E-state index is 0.230. The van der Waals surface area contributed by atoms with Crippen LogP contribution in [0, 0.1) is 0 Å². The highest BCUT2D eigenvalue weighted by molar-refractivity contribution is 9.10. The molecule has 0 bridgehead atoms. The molecule has 1 aliphatic rings. The zero-order chi connectivity index (χ0) is 13.2. The summed E-state index contributed by atoms with van der Waals surface area (Å²) in [5.41, 5.74) is 1.91. The number of hydrogen-bond donors (Lipinski definition) is 1. The van der Waals surface area contributed by atoms with Gasteiger partial charge in [-0.3, -0.25) is 0 Å². The van der Waals surface area contributed by atoms with Crippen LogP contribution in [0.15, 0.2) is 27.7 Å². The van der Waals surface area contributed by atoms with Gasteiger partial charge < -0.3 is 5.11 Å². The van der Waals surface area contributed by atoms with Crippen molar-refractivity contribution in [3.05, 3.63) is 38.8 Å². The summed E-state index contributed by atoms with van der Waals surface area (Å²) in [7, 11) is 0. The number of hydrogen-bond acceptors (Lipinski definition) is 4. The Morgan fingerprint density at radius 1 is 1.32 bits per heavy atom. The number of aromatic nitrogens is 1.